The average Bonchev–Trinajstić information content (AvgIpc) is 3.54. The molecule has 0 amide bonds. The third-order valence-electron chi connectivity index (χ3n) is 9.63. The van der Waals surface area contributed by atoms with Crippen molar-refractivity contribution in [1.29, 1.82) is 0 Å². The molecule has 0 aliphatic heterocycles. The Balaban J connectivity index is 1.32. The van der Waals surface area contributed by atoms with Gasteiger partial charge >= 0.3 is 0 Å². The zero-order chi connectivity index (χ0) is 29.5. The van der Waals surface area contributed by atoms with Crippen LogP contribution < -0.4 is 10.4 Å². The Morgan fingerprint density at radius 1 is 0.711 bits per heavy atom. The van der Waals surface area contributed by atoms with Crippen molar-refractivity contribution in [2.45, 2.75) is 12.8 Å². The predicted octanol–water partition coefficient (Wildman–Crippen LogP) is 7.66. The highest BCUT2D eigenvalue weighted by Crippen LogP contribution is 2.38. The van der Waals surface area contributed by atoms with Crippen LogP contribution in [0.25, 0.3) is 67.7 Å². The summed E-state index contributed by atoms with van der Waals surface area (Å²) in [5.41, 5.74) is 17.7. The van der Waals surface area contributed by atoms with Crippen LogP contribution in [0.2, 0.25) is 0 Å². The third kappa shape index (κ3) is 3.50. The van der Waals surface area contributed by atoms with Crippen LogP contribution in [0.15, 0.2) is 127 Å². The van der Waals surface area contributed by atoms with Crippen molar-refractivity contribution in [3.63, 3.8) is 0 Å². The number of hydrogen-bond donors (Lipinski definition) is 0. The summed E-state index contributed by atoms with van der Waals surface area (Å²) in [5.74, 6) is 1.20. The Bertz CT molecular complexity index is 2730. The molecule has 4 aromatic carbocycles. The number of allylic oxidation sites excluding steroid dienone is 4. The van der Waals surface area contributed by atoms with E-state index in [9.17, 15) is 0 Å². The molecule has 0 saturated heterocycles. The van der Waals surface area contributed by atoms with Crippen LogP contribution in [0.3, 0.4) is 0 Å². The van der Waals surface area contributed by atoms with Crippen molar-refractivity contribution < 1.29 is 0 Å². The topological polar surface area (TPSA) is 35.1 Å². The Hall–Kier alpha value is -5.92. The largest absolute Gasteiger partial charge is 0.278 e. The number of para-hydroxylation sites is 3. The maximum atomic E-state index is 5.35. The van der Waals surface area contributed by atoms with Gasteiger partial charge in [-0.3, -0.25) is 8.97 Å². The monoisotopic (exact) mass is 574 g/mol. The predicted molar refractivity (Wildman–Crippen MR) is 183 cm³/mol. The molecule has 0 N–H and O–H groups in total. The number of rotatable bonds is 2. The van der Waals surface area contributed by atoms with E-state index in [1.165, 1.54) is 32.5 Å². The van der Waals surface area contributed by atoms with Gasteiger partial charge in [-0.1, -0.05) is 102 Å². The maximum absolute atomic E-state index is 5.35. The highest BCUT2D eigenvalue weighted by atomic mass is 15.2. The minimum Gasteiger partial charge on any atom is -0.278 e. The van der Waals surface area contributed by atoms with Crippen LogP contribution in [0.1, 0.15) is 29.7 Å². The molecular weight excluding hydrogens is 548 g/mol. The molecule has 45 heavy (non-hydrogen) atoms. The zero-order valence-electron chi connectivity index (χ0n) is 24.4. The molecule has 0 fully saturated rings. The van der Waals surface area contributed by atoms with Gasteiger partial charge in [0.25, 0.3) is 0 Å². The Morgan fingerprint density at radius 3 is 2.49 bits per heavy atom. The number of aromatic nitrogens is 4. The molecule has 0 saturated carbocycles. The van der Waals surface area contributed by atoms with Gasteiger partial charge in [0.2, 0.25) is 5.95 Å². The van der Waals surface area contributed by atoms with Gasteiger partial charge in [0, 0.05) is 28.3 Å². The van der Waals surface area contributed by atoms with E-state index in [-0.39, 0.29) is 0 Å². The summed E-state index contributed by atoms with van der Waals surface area (Å²) in [6, 6.07) is 32.5. The van der Waals surface area contributed by atoms with Crippen LogP contribution in [-0.2, 0) is 0 Å². The lowest BCUT2D eigenvalue weighted by Crippen LogP contribution is -2.35. The second-order valence-electron chi connectivity index (χ2n) is 12.0. The SMILES string of the molecule is C1=C=Cc2c(c3ccc(C4=c5ccccc5=C5CC=CC=CC5C4)cc3n2-c2nc3ccccc3c3nc4ccccc4n23)C=1. The number of imidazole rings is 1. The first-order valence-electron chi connectivity index (χ1n) is 15.5. The molecule has 1 atom stereocenters. The zero-order valence-corrected chi connectivity index (χ0v) is 24.4. The van der Waals surface area contributed by atoms with Crippen molar-refractivity contribution in [3.05, 3.63) is 154 Å². The molecule has 3 aromatic heterocycles. The van der Waals surface area contributed by atoms with Crippen molar-refractivity contribution in [1.82, 2.24) is 18.9 Å². The van der Waals surface area contributed by atoms with Crippen molar-refractivity contribution >= 4 is 61.8 Å². The quantitative estimate of drug-likeness (QED) is 0.199. The molecule has 210 valence electrons. The first kappa shape index (κ1) is 24.5. The van der Waals surface area contributed by atoms with Gasteiger partial charge in [-0.2, -0.15) is 0 Å². The number of fused-ring (bicyclic) bond motifs is 10. The Kier molecular flexibility index (Phi) is 5.06. The molecule has 4 nitrogen and oxygen atoms in total. The summed E-state index contributed by atoms with van der Waals surface area (Å²) in [7, 11) is 0. The summed E-state index contributed by atoms with van der Waals surface area (Å²) in [4.78, 5) is 10.5. The van der Waals surface area contributed by atoms with Crippen molar-refractivity contribution in [3.8, 4) is 5.95 Å². The van der Waals surface area contributed by atoms with E-state index in [4.69, 9.17) is 9.97 Å². The van der Waals surface area contributed by atoms with Crippen LogP contribution in [0, 0.1) is 5.92 Å². The van der Waals surface area contributed by atoms with Gasteiger partial charge in [0.15, 0.2) is 0 Å². The van der Waals surface area contributed by atoms with Gasteiger partial charge in [0.05, 0.1) is 27.8 Å². The fourth-order valence-electron chi connectivity index (χ4n) is 7.60. The van der Waals surface area contributed by atoms with Gasteiger partial charge in [-0.05, 0) is 70.8 Å². The molecule has 3 aliphatic rings. The fourth-order valence-corrected chi connectivity index (χ4v) is 7.60. The lowest BCUT2D eigenvalue weighted by molar-refractivity contribution is 0.825. The second kappa shape index (κ2) is 9.29. The fraction of sp³-hybridized carbons (Fsp3) is 0.0732. The van der Waals surface area contributed by atoms with Crippen molar-refractivity contribution in [2.24, 2.45) is 5.92 Å². The molecule has 10 rings (SSSR count). The van der Waals surface area contributed by atoms with Gasteiger partial charge < -0.3 is 0 Å². The summed E-state index contributed by atoms with van der Waals surface area (Å²) in [6.45, 7) is 0. The molecule has 0 bridgehead atoms. The molecule has 0 radical (unpaired) electrons. The minimum absolute atomic E-state index is 0.384. The van der Waals surface area contributed by atoms with E-state index in [0.717, 1.165) is 63.1 Å². The molecule has 0 spiro atoms. The molecule has 3 aliphatic carbocycles. The number of nitrogens with zero attached hydrogens (tertiary/aromatic N) is 4. The number of benzene rings is 4. The lowest BCUT2D eigenvalue weighted by Gasteiger charge is -2.23. The second-order valence-corrected chi connectivity index (χ2v) is 12.0. The highest BCUT2D eigenvalue weighted by Gasteiger charge is 2.25. The summed E-state index contributed by atoms with van der Waals surface area (Å²) in [6.07, 6.45) is 15.1. The average molecular weight is 575 g/mol. The minimum atomic E-state index is 0.384. The van der Waals surface area contributed by atoms with E-state index in [2.05, 4.69) is 124 Å². The summed E-state index contributed by atoms with van der Waals surface area (Å²) >= 11 is 0. The smallest absolute Gasteiger partial charge is 0.221 e. The molecule has 7 aromatic rings. The molecule has 3 heterocycles. The van der Waals surface area contributed by atoms with Gasteiger partial charge in [0.1, 0.15) is 5.65 Å². The number of hydrogen-bond acceptors (Lipinski definition) is 2. The van der Waals surface area contributed by atoms with Crippen molar-refractivity contribution in [2.75, 3.05) is 0 Å². The highest BCUT2D eigenvalue weighted by molar-refractivity contribution is 6.00. The normalized spacial score (nSPS) is 16.6. The summed E-state index contributed by atoms with van der Waals surface area (Å²) < 4.78 is 4.52. The van der Waals surface area contributed by atoms with E-state index >= 15 is 0 Å². The lowest BCUT2D eigenvalue weighted by atomic mass is 9.81. The van der Waals surface area contributed by atoms with Gasteiger partial charge in [-0.15, -0.1) is 0 Å². The Labute approximate surface area is 258 Å². The standard InChI is InChI=1S/C41H26N4/c1-2-12-26-24-34(30-15-5-4-14-29(30)28(26)13-3-1)27-22-23-32-31-16-7-10-20-37(31)44(39(32)25-27)41-43-35-18-8-6-17-33(35)40-42-36-19-9-11-21-38(36)45(40)41/h1-6,8-9,11-12,14-23,25-26H,13,24H2. The van der Waals surface area contributed by atoms with Crippen LogP contribution in [0.5, 0.6) is 0 Å². The first-order chi connectivity index (χ1) is 22.3. The summed E-state index contributed by atoms with van der Waals surface area (Å²) in [5, 5.41) is 4.91. The van der Waals surface area contributed by atoms with E-state index in [0.29, 0.717) is 5.92 Å². The van der Waals surface area contributed by atoms with E-state index < -0.39 is 0 Å². The molecular formula is C41H26N4. The first-order valence-corrected chi connectivity index (χ1v) is 15.5. The molecule has 4 heteroatoms. The molecule has 1 unspecified atom stereocenters. The van der Waals surface area contributed by atoms with Crippen LogP contribution >= 0.6 is 0 Å². The van der Waals surface area contributed by atoms with Crippen LogP contribution in [-0.4, -0.2) is 18.9 Å². The third-order valence-corrected chi connectivity index (χ3v) is 9.63. The Morgan fingerprint density at radius 2 is 1.53 bits per heavy atom. The maximum Gasteiger partial charge on any atom is 0.221 e. The van der Waals surface area contributed by atoms with Crippen LogP contribution in [0.4, 0.5) is 0 Å². The van der Waals surface area contributed by atoms with Gasteiger partial charge in [-0.25, -0.2) is 9.97 Å². The van der Waals surface area contributed by atoms with E-state index in [1.54, 1.807) is 0 Å². The van der Waals surface area contributed by atoms with E-state index in [1.807, 2.05) is 24.3 Å².